The molecule has 0 unspecified atom stereocenters. The number of anilines is 1. The number of benzene rings is 2. The lowest BCUT2D eigenvalue weighted by Gasteiger charge is -2.13. The fourth-order valence-corrected chi connectivity index (χ4v) is 3.71. The van der Waals surface area contributed by atoms with Gasteiger partial charge in [-0.3, -0.25) is 4.79 Å². The predicted octanol–water partition coefficient (Wildman–Crippen LogP) is 6.16. The van der Waals surface area contributed by atoms with Gasteiger partial charge in [-0.15, -0.1) is 0 Å². The van der Waals surface area contributed by atoms with Crippen LogP contribution in [0, 0.1) is 20.8 Å². The van der Waals surface area contributed by atoms with Crippen molar-refractivity contribution < 1.29 is 14.3 Å². The summed E-state index contributed by atoms with van der Waals surface area (Å²) in [4.78, 5) is 28.1. The van der Waals surface area contributed by atoms with Crippen LogP contribution in [-0.2, 0) is 4.74 Å². The second-order valence-electron chi connectivity index (χ2n) is 8.11. The molecule has 0 aliphatic heterocycles. The van der Waals surface area contributed by atoms with Crippen molar-refractivity contribution in [1.82, 2.24) is 4.98 Å². The summed E-state index contributed by atoms with van der Waals surface area (Å²) in [5, 5.41) is 3.03. The Balaban J connectivity index is 1.83. The van der Waals surface area contributed by atoms with Crippen molar-refractivity contribution in [3.8, 4) is 11.1 Å². The molecule has 0 spiro atoms. The summed E-state index contributed by atoms with van der Waals surface area (Å²) in [6, 6.07) is 13.6. The quantitative estimate of drug-likeness (QED) is 0.471. The normalized spacial score (nSPS) is 10.9. The third-order valence-electron chi connectivity index (χ3n) is 5.53. The summed E-state index contributed by atoms with van der Waals surface area (Å²) >= 11 is 0. The first-order valence-electron chi connectivity index (χ1n) is 10.6. The highest BCUT2D eigenvalue weighted by atomic mass is 16.5. The van der Waals surface area contributed by atoms with Crippen molar-refractivity contribution in [2.45, 2.75) is 47.5 Å². The number of H-pyrrole nitrogens is 1. The van der Waals surface area contributed by atoms with E-state index in [-0.39, 0.29) is 11.9 Å². The first-order valence-corrected chi connectivity index (χ1v) is 10.6. The van der Waals surface area contributed by atoms with Crippen molar-refractivity contribution in [2.75, 3.05) is 11.9 Å². The van der Waals surface area contributed by atoms with Gasteiger partial charge in [-0.05, 0) is 74.1 Å². The zero-order valence-electron chi connectivity index (χ0n) is 19.1. The third-order valence-corrected chi connectivity index (χ3v) is 5.53. The van der Waals surface area contributed by atoms with Gasteiger partial charge in [-0.25, -0.2) is 4.79 Å². The number of ether oxygens (including phenoxy) is 1. The maximum atomic E-state index is 12.8. The molecule has 0 bridgehead atoms. The largest absolute Gasteiger partial charge is 0.461 e. The first-order chi connectivity index (χ1) is 14.7. The number of esters is 1. The molecule has 1 heterocycles. The van der Waals surface area contributed by atoms with Crippen LogP contribution in [0.1, 0.15) is 69.9 Å². The number of rotatable bonds is 6. The van der Waals surface area contributed by atoms with Crippen LogP contribution in [0.4, 0.5) is 5.69 Å². The molecule has 1 aromatic heterocycles. The number of hydrogen-bond donors (Lipinski definition) is 2. The molecule has 0 fully saturated rings. The van der Waals surface area contributed by atoms with Crippen LogP contribution in [0.5, 0.6) is 0 Å². The molecule has 0 saturated carbocycles. The van der Waals surface area contributed by atoms with E-state index in [1.807, 2.05) is 57.2 Å². The number of aromatic nitrogens is 1. The van der Waals surface area contributed by atoms with E-state index >= 15 is 0 Å². The molecule has 2 aromatic carbocycles. The summed E-state index contributed by atoms with van der Waals surface area (Å²) in [6.45, 7) is 12.2. The smallest absolute Gasteiger partial charge is 0.355 e. The number of aromatic amines is 1. The third kappa shape index (κ3) is 4.71. The summed E-state index contributed by atoms with van der Waals surface area (Å²) in [7, 11) is 0. The molecular formula is C26H30N2O3. The first kappa shape index (κ1) is 22.3. The van der Waals surface area contributed by atoms with E-state index in [2.05, 4.69) is 30.2 Å². The molecule has 3 aromatic rings. The molecule has 0 saturated heterocycles. The predicted molar refractivity (Wildman–Crippen MR) is 125 cm³/mol. The van der Waals surface area contributed by atoms with Gasteiger partial charge in [0.15, 0.2) is 0 Å². The molecule has 0 aliphatic rings. The lowest BCUT2D eigenvalue weighted by molar-refractivity contribution is 0.0519. The Morgan fingerprint density at radius 3 is 2.32 bits per heavy atom. The van der Waals surface area contributed by atoms with Gasteiger partial charge in [-0.1, -0.05) is 38.1 Å². The molecule has 31 heavy (non-hydrogen) atoms. The monoisotopic (exact) mass is 418 g/mol. The Hall–Kier alpha value is -3.34. The Kier molecular flexibility index (Phi) is 6.64. The van der Waals surface area contributed by atoms with Crippen molar-refractivity contribution in [1.29, 1.82) is 0 Å². The minimum atomic E-state index is -0.357. The topological polar surface area (TPSA) is 71.2 Å². The zero-order valence-corrected chi connectivity index (χ0v) is 19.1. The van der Waals surface area contributed by atoms with Gasteiger partial charge in [0.25, 0.3) is 5.91 Å². The summed E-state index contributed by atoms with van der Waals surface area (Å²) in [5.74, 6) is -0.113. The van der Waals surface area contributed by atoms with Crippen LogP contribution in [-0.4, -0.2) is 23.5 Å². The zero-order chi connectivity index (χ0) is 22.7. The Morgan fingerprint density at radius 2 is 1.71 bits per heavy atom. The van der Waals surface area contributed by atoms with Crippen LogP contribution < -0.4 is 5.32 Å². The van der Waals surface area contributed by atoms with E-state index < -0.39 is 0 Å². The lowest BCUT2D eigenvalue weighted by atomic mass is 9.99. The van der Waals surface area contributed by atoms with E-state index in [0.29, 0.717) is 23.8 Å². The van der Waals surface area contributed by atoms with Gasteiger partial charge in [0.2, 0.25) is 0 Å². The van der Waals surface area contributed by atoms with Crippen LogP contribution in [0.3, 0.4) is 0 Å². The highest BCUT2D eigenvalue weighted by Gasteiger charge is 2.19. The van der Waals surface area contributed by atoms with Gasteiger partial charge < -0.3 is 15.0 Å². The molecule has 0 radical (unpaired) electrons. The van der Waals surface area contributed by atoms with Crippen LogP contribution >= 0.6 is 0 Å². The number of nitrogens with one attached hydrogen (secondary N) is 2. The molecule has 162 valence electrons. The molecule has 1 amide bonds. The van der Waals surface area contributed by atoms with E-state index in [9.17, 15) is 9.59 Å². The summed E-state index contributed by atoms with van der Waals surface area (Å²) in [6.07, 6.45) is 0. The standard InChI is InChI=1S/C26H30N2O3/c1-7-31-26(30)24-17(5)23(18(6)27-24)19-10-12-20(13-11-19)25(29)28-22-14-21(15(2)3)9-8-16(22)4/h8-15,27H,7H2,1-6H3,(H,28,29). The number of carbonyl (C=O) groups is 2. The Morgan fingerprint density at radius 1 is 1.03 bits per heavy atom. The number of carbonyl (C=O) groups excluding carboxylic acids is 2. The fraction of sp³-hybridized carbons (Fsp3) is 0.308. The van der Waals surface area contributed by atoms with Crippen LogP contribution in [0.15, 0.2) is 42.5 Å². The highest BCUT2D eigenvalue weighted by Crippen LogP contribution is 2.30. The summed E-state index contributed by atoms with van der Waals surface area (Å²) < 4.78 is 5.13. The van der Waals surface area contributed by atoms with E-state index in [0.717, 1.165) is 33.6 Å². The molecule has 0 atom stereocenters. The van der Waals surface area contributed by atoms with Crippen molar-refractivity contribution in [3.05, 3.63) is 76.1 Å². The van der Waals surface area contributed by atoms with Crippen molar-refractivity contribution in [3.63, 3.8) is 0 Å². The minimum Gasteiger partial charge on any atom is -0.461 e. The van der Waals surface area contributed by atoms with Crippen LogP contribution in [0.2, 0.25) is 0 Å². The van der Waals surface area contributed by atoms with Crippen molar-refractivity contribution in [2.24, 2.45) is 0 Å². The average Bonchev–Trinajstić information content (AvgIpc) is 3.03. The number of amides is 1. The maximum absolute atomic E-state index is 12.8. The fourth-order valence-electron chi connectivity index (χ4n) is 3.71. The van der Waals surface area contributed by atoms with Gasteiger partial charge in [0, 0.05) is 22.5 Å². The summed E-state index contributed by atoms with van der Waals surface area (Å²) in [5.41, 5.74) is 7.72. The van der Waals surface area contributed by atoms with Gasteiger partial charge in [-0.2, -0.15) is 0 Å². The lowest BCUT2D eigenvalue weighted by Crippen LogP contribution is -2.13. The minimum absolute atomic E-state index is 0.148. The molecule has 5 heteroatoms. The van der Waals surface area contributed by atoms with Crippen molar-refractivity contribution >= 4 is 17.6 Å². The Labute approximate surface area is 183 Å². The van der Waals surface area contributed by atoms with Crippen LogP contribution in [0.25, 0.3) is 11.1 Å². The number of hydrogen-bond acceptors (Lipinski definition) is 3. The van der Waals surface area contributed by atoms with E-state index in [1.54, 1.807) is 6.92 Å². The highest BCUT2D eigenvalue weighted by molar-refractivity contribution is 6.05. The maximum Gasteiger partial charge on any atom is 0.355 e. The SMILES string of the molecule is CCOC(=O)c1[nH]c(C)c(-c2ccc(C(=O)Nc3cc(C(C)C)ccc3C)cc2)c1C. The molecule has 2 N–H and O–H groups in total. The second-order valence-corrected chi connectivity index (χ2v) is 8.11. The molecule has 0 aliphatic carbocycles. The average molecular weight is 419 g/mol. The molecule has 5 nitrogen and oxygen atoms in total. The molecule has 3 rings (SSSR count). The second kappa shape index (κ2) is 9.21. The molecular weight excluding hydrogens is 388 g/mol. The van der Waals surface area contributed by atoms with E-state index in [1.165, 1.54) is 5.56 Å². The van der Waals surface area contributed by atoms with Gasteiger partial charge in [0.1, 0.15) is 5.69 Å². The van der Waals surface area contributed by atoms with E-state index in [4.69, 9.17) is 4.74 Å². The Bertz CT molecular complexity index is 1110. The number of aryl methyl sites for hydroxylation is 2. The van der Waals surface area contributed by atoms with Gasteiger partial charge in [0.05, 0.1) is 6.61 Å². The van der Waals surface area contributed by atoms with Gasteiger partial charge >= 0.3 is 5.97 Å².